The lowest BCUT2D eigenvalue weighted by Crippen LogP contribution is -2.76. The summed E-state index contributed by atoms with van der Waals surface area (Å²) in [4.78, 5) is 15.0. The molecule has 3 N–H and O–H groups in total. The van der Waals surface area contributed by atoms with E-state index >= 15 is 0 Å². The monoisotopic (exact) mass is 369 g/mol. The molecule has 2 rings (SSSR count). The molecular formula is C16H33Cl2N3O2. The molecule has 2 aliphatic rings. The van der Waals surface area contributed by atoms with Gasteiger partial charge in [-0.3, -0.25) is 9.69 Å². The Morgan fingerprint density at radius 2 is 2.00 bits per heavy atom. The first kappa shape index (κ1) is 22.9. The number of halogens is 2. The number of nitrogens with two attached hydrogens (primary N) is 1. The van der Waals surface area contributed by atoms with Gasteiger partial charge in [0.15, 0.2) is 0 Å². The van der Waals surface area contributed by atoms with Crippen LogP contribution in [-0.4, -0.2) is 54.7 Å². The molecule has 138 valence electrons. The molecule has 7 heteroatoms. The van der Waals surface area contributed by atoms with E-state index in [9.17, 15) is 4.79 Å². The molecule has 0 bridgehead atoms. The quantitative estimate of drug-likeness (QED) is 0.750. The molecule has 1 amide bonds. The Kier molecular flexibility index (Phi) is 8.83. The van der Waals surface area contributed by atoms with Crippen LogP contribution in [0.2, 0.25) is 0 Å². The number of nitrogens with one attached hydrogen (secondary N) is 1. The van der Waals surface area contributed by atoms with Crippen LogP contribution in [0.25, 0.3) is 0 Å². The van der Waals surface area contributed by atoms with Gasteiger partial charge in [0, 0.05) is 31.0 Å². The first-order valence-corrected chi connectivity index (χ1v) is 8.29. The van der Waals surface area contributed by atoms with E-state index in [1.807, 2.05) is 20.8 Å². The van der Waals surface area contributed by atoms with Gasteiger partial charge in [0.25, 0.3) is 0 Å². The number of carbonyl (C=O) groups is 1. The smallest absolute Gasteiger partial charge is 0.240 e. The van der Waals surface area contributed by atoms with Crippen LogP contribution >= 0.6 is 24.8 Å². The number of hydrogen-bond acceptors (Lipinski definition) is 4. The molecule has 1 heterocycles. The number of likely N-dealkylation sites (tertiary alicyclic amines) is 1. The van der Waals surface area contributed by atoms with E-state index < -0.39 is 5.54 Å². The van der Waals surface area contributed by atoms with Crippen molar-refractivity contribution >= 4 is 30.7 Å². The number of carbonyl (C=O) groups excluding carboxylic acids is 1. The number of rotatable bonds is 6. The fraction of sp³-hybridized carbons (Fsp3) is 0.938. The minimum Gasteiger partial charge on any atom is -0.378 e. The van der Waals surface area contributed by atoms with Crippen molar-refractivity contribution in [1.82, 2.24) is 10.2 Å². The van der Waals surface area contributed by atoms with Crippen molar-refractivity contribution in [2.45, 2.75) is 64.6 Å². The Balaban J connectivity index is 0.00000242. The first-order chi connectivity index (χ1) is 9.86. The Morgan fingerprint density at radius 1 is 1.35 bits per heavy atom. The lowest BCUT2D eigenvalue weighted by molar-refractivity contribution is -0.170. The van der Waals surface area contributed by atoms with Crippen LogP contribution < -0.4 is 11.1 Å². The highest BCUT2D eigenvalue weighted by Gasteiger charge is 2.62. The summed E-state index contributed by atoms with van der Waals surface area (Å²) in [6.07, 6.45) is 3.08. The predicted molar refractivity (Wildman–Crippen MR) is 98.5 cm³/mol. The summed E-state index contributed by atoms with van der Waals surface area (Å²) < 4.78 is 5.68. The van der Waals surface area contributed by atoms with E-state index in [1.54, 1.807) is 0 Å². The number of hydrogen-bond donors (Lipinski definition) is 2. The third kappa shape index (κ3) is 4.13. The van der Waals surface area contributed by atoms with Gasteiger partial charge < -0.3 is 15.8 Å². The fourth-order valence-electron chi connectivity index (χ4n) is 3.73. The van der Waals surface area contributed by atoms with Crippen LogP contribution in [0.3, 0.4) is 0 Å². The van der Waals surface area contributed by atoms with Gasteiger partial charge in [-0.2, -0.15) is 0 Å². The zero-order valence-corrected chi connectivity index (χ0v) is 16.4. The van der Waals surface area contributed by atoms with Gasteiger partial charge >= 0.3 is 0 Å². The van der Waals surface area contributed by atoms with Crippen LogP contribution in [-0.2, 0) is 9.53 Å². The molecule has 0 aromatic carbocycles. The van der Waals surface area contributed by atoms with Crippen molar-refractivity contribution < 1.29 is 9.53 Å². The third-order valence-corrected chi connectivity index (χ3v) is 5.64. The Morgan fingerprint density at radius 3 is 2.52 bits per heavy atom. The van der Waals surface area contributed by atoms with Crippen molar-refractivity contribution in [3.8, 4) is 0 Å². The highest BCUT2D eigenvalue weighted by molar-refractivity contribution is 5.88. The number of nitrogens with zero attached hydrogens (tertiary/aromatic N) is 1. The van der Waals surface area contributed by atoms with E-state index in [0.717, 1.165) is 19.5 Å². The Hall–Kier alpha value is -0.0700. The molecule has 1 saturated heterocycles. The number of likely N-dealkylation sites (N-methyl/N-ethyl adjacent to an activating group) is 1. The lowest BCUT2D eigenvalue weighted by Gasteiger charge is -2.57. The largest absolute Gasteiger partial charge is 0.378 e. The molecule has 0 spiro atoms. The fourth-order valence-corrected chi connectivity index (χ4v) is 3.73. The van der Waals surface area contributed by atoms with Gasteiger partial charge in [-0.05, 0) is 32.9 Å². The summed E-state index contributed by atoms with van der Waals surface area (Å²) in [6.45, 7) is 11.8. The normalized spacial score (nSPS) is 32.4. The van der Waals surface area contributed by atoms with Gasteiger partial charge in [-0.15, -0.1) is 24.8 Å². The van der Waals surface area contributed by atoms with E-state index in [2.05, 4.69) is 17.1 Å². The standard InChI is InChI=1S/C16H31N3O2.2ClH/c1-5-19-9-7-8-12(19)11-18-14(20)16(17)10-13(21-6-2)15(16,3)4;;/h12-13H,5-11,17H2,1-4H3,(H,18,20);2*1H. The Bertz CT molecular complexity index is 396. The van der Waals surface area contributed by atoms with E-state index in [4.69, 9.17) is 10.5 Å². The predicted octanol–water partition coefficient (Wildman–Crippen LogP) is 1.96. The molecule has 5 nitrogen and oxygen atoms in total. The number of ether oxygens (including phenoxy) is 1. The molecule has 3 unspecified atom stereocenters. The average Bonchev–Trinajstić information content (AvgIpc) is 2.91. The van der Waals surface area contributed by atoms with Crippen molar-refractivity contribution in [2.24, 2.45) is 11.1 Å². The molecule has 0 aromatic heterocycles. The third-order valence-electron chi connectivity index (χ3n) is 5.64. The van der Waals surface area contributed by atoms with Gasteiger partial charge in [0.05, 0.1) is 6.10 Å². The van der Waals surface area contributed by atoms with Gasteiger partial charge in [0.1, 0.15) is 5.54 Å². The SMILES string of the molecule is CCOC1CC(N)(C(=O)NCC2CCCN2CC)C1(C)C.Cl.Cl. The van der Waals surface area contributed by atoms with Gasteiger partial charge in [-0.1, -0.05) is 20.8 Å². The van der Waals surface area contributed by atoms with Crippen molar-refractivity contribution in [3.63, 3.8) is 0 Å². The van der Waals surface area contributed by atoms with Crippen LogP contribution in [0, 0.1) is 5.41 Å². The zero-order valence-electron chi connectivity index (χ0n) is 14.8. The molecule has 3 atom stereocenters. The minimum absolute atomic E-state index is 0. The maximum absolute atomic E-state index is 12.6. The van der Waals surface area contributed by atoms with Crippen molar-refractivity contribution in [1.29, 1.82) is 0 Å². The van der Waals surface area contributed by atoms with E-state index in [1.165, 1.54) is 6.42 Å². The highest BCUT2D eigenvalue weighted by atomic mass is 35.5. The summed E-state index contributed by atoms with van der Waals surface area (Å²) in [5.41, 5.74) is 5.28. The Labute approximate surface area is 152 Å². The van der Waals surface area contributed by atoms with Gasteiger partial charge in [0.2, 0.25) is 5.91 Å². The summed E-state index contributed by atoms with van der Waals surface area (Å²) in [5.74, 6) is -0.0218. The molecule has 23 heavy (non-hydrogen) atoms. The summed E-state index contributed by atoms with van der Waals surface area (Å²) >= 11 is 0. The van der Waals surface area contributed by atoms with Crippen LogP contribution in [0.4, 0.5) is 0 Å². The van der Waals surface area contributed by atoms with Crippen molar-refractivity contribution in [3.05, 3.63) is 0 Å². The van der Waals surface area contributed by atoms with Crippen LogP contribution in [0.1, 0.15) is 47.0 Å². The number of amides is 1. The summed E-state index contributed by atoms with van der Waals surface area (Å²) in [7, 11) is 0. The van der Waals surface area contributed by atoms with E-state index in [-0.39, 0.29) is 42.2 Å². The molecule has 1 aliphatic carbocycles. The molecular weight excluding hydrogens is 337 g/mol. The molecule has 1 aliphatic heterocycles. The maximum atomic E-state index is 12.6. The second-order valence-corrected chi connectivity index (χ2v) is 6.98. The second kappa shape index (κ2) is 8.86. The van der Waals surface area contributed by atoms with Crippen molar-refractivity contribution in [2.75, 3.05) is 26.2 Å². The molecule has 1 saturated carbocycles. The molecule has 0 aromatic rings. The topological polar surface area (TPSA) is 67.6 Å². The summed E-state index contributed by atoms with van der Waals surface area (Å²) in [6, 6.07) is 0.466. The van der Waals surface area contributed by atoms with Crippen LogP contribution in [0.15, 0.2) is 0 Å². The molecule has 0 radical (unpaired) electrons. The maximum Gasteiger partial charge on any atom is 0.240 e. The minimum atomic E-state index is -0.803. The van der Waals surface area contributed by atoms with Gasteiger partial charge in [-0.25, -0.2) is 0 Å². The average molecular weight is 370 g/mol. The first-order valence-electron chi connectivity index (χ1n) is 8.29. The van der Waals surface area contributed by atoms with Crippen LogP contribution in [0.5, 0.6) is 0 Å². The van der Waals surface area contributed by atoms with E-state index in [0.29, 0.717) is 25.6 Å². The summed E-state index contributed by atoms with van der Waals surface area (Å²) in [5, 5.41) is 3.09. The molecule has 2 fully saturated rings. The lowest BCUT2D eigenvalue weighted by atomic mass is 9.54. The highest BCUT2D eigenvalue weighted by Crippen LogP contribution is 2.49. The zero-order chi connectivity index (χ0) is 15.7. The second-order valence-electron chi connectivity index (χ2n) is 6.98.